The smallest absolute Gasteiger partial charge is 0.274 e. The maximum atomic E-state index is 13.0. The van der Waals surface area contributed by atoms with Crippen LogP contribution in [-0.2, 0) is 13.2 Å². The lowest BCUT2D eigenvalue weighted by molar-refractivity contribution is 0.0947. The fraction of sp³-hybridized carbons (Fsp3) is 0.212. The Hall–Kier alpha value is -5.38. The fourth-order valence-corrected chi connectivity index (χ4v) is 4.55. The van der Waals surface area contributed by atoms with Crippen LogP contribution in [-0.4, -0.2) is 34.2 Å². The van der Waals surface area contributed by atoms with Gasteiger partial charge >= 0.3 is 0 Å². The summed E-state index contributed by atoms with van der Waals surface area (Å²) in [7, 11) is 0. The molecule has 0 fully saturated rings. The van der Waals surface area contributed by atoms with Crippen LogP contribution in [0.1, 0.15) is 59.6 Å². The van der Waals surface area contributed by atoms with Crippen molar-refractivity contribution in [1.29, 1.82) is 0 Å². The van der Waals surface area contributed by atoms with Crippen molar-refractivity contribution in [3.63, 3.8) is 0 Å². The zero-order valence-electron chi connectivity index (χ0n) is 24.1. The van der Waals surface area contributed by atoms with Crippen LogP contribution in [0.15, 0.2) is 93.1 Å². The Morgan fingerprint density at radius 1 is 0.930 bits per heavy atom. The molecule has 0 atom stereocenters. The molecule has 43 heavy (non-hydrogen) atoms. The number of oxime groups is 1. The Balaban J connectivity index is 1.65. The maximum absolute atomic E-state index is 13.0. The van der Waals surface area contributed by atoms with Crippen molar-refractivity contribution in [2.45, 2.75) is 39.9 Å². The molecule has 0 saturated heterocycles. The number of amides is 1. The summed E-state index contributed by atoms with van der Waals surface area (Å²) in [5, 5.41) is 22.8. The monoisotopic (exact) mass is 580 g/mol. The fourth-order valence-electron chi connectivity index (χ4n) is 4.55. The molecule has 2 heterocycles. The lowest BCUT2D eigenvalue weighted by atomic mass is 9.95. The summed E-state index contributed by atoms with van der Waals surface area (Å²) >= 11 is 0. The number of aromatic nitrogens is 2. The third-order valence-electron chi connectivity index (χ3n) is 6.66. The van der Waals surface area contributed by atoms with E-state index in [-0.39, 0.29) is 41.0 Å². The Labute approximate surface area is 248 Å². The van der Waals surface area contributed by atoms with Gasteiger partial charge in [-0.3, -0.25) is 4.79 Å². The van der Waals surface area contributed by atoms with Crippen LogP contribution in [0.25, 0.3) is 22.6 Å². The quantitative estimate of drug-likeness (QED) is 0.0932. The molecule has 0 unspecified atom stereocenters. The number of ether oxygens (including phenoxy) is 2. The predicted octanol–water partition coefficient (Wildman–Crippen LogP) is 6.84. The van der Waals surface area contributed by atoms with Crippen LogP contribution >= 0.6 is 0 Å². The second-order valence-corrected chi connectivity index (χ2v) is 10.0. The molecule has 220 valence electrons. The van der Waals surface area contributed by atoms with E-state index in [1.807, 2.05) is 72.8 Å². The zero-order chi connectivity index (χ0) is 30.2. The number of nitrogens with one attached hydrogen (secondary N) is 1. The first-order valence-electron chi connectivity index (χ1n) is 13.9. The molecule has 1 amide bonds. The van der Waals surface area contributed by atoms with Gasteiger partial charge in [-0.25, -0.2) is 0 Å². The van der Waals surface area contributed by atoms with Gasteiger partial charge < -0.3 is 29.0 Å². The van der Waals surface area contributed by atoms with Gasteiger partial charge in [-0.05, 0) is 35.6 Å². The number of rotatable bonds is 12. The van der Waals surface area contributed by atoms with Gasteiger partial charge in [0.1, 0.15) is 36.0 Å². The second kappa shape index (κ2) is 13.5. The van der Waals surface area contributed by atoms with E-state index in [0.717, 1.165) is 22.9 Å². The maximum Gasteiger partial charge on any atom is 0.274 e. The minimum atomic E-state index is -0.445. The summed E-state index contributed by atoms with van der Waals surface area (Å²) in [4.78, 5) is 13.0. The molecule has 3 aromatic carbocycles. The van der Waals surface area contributed by atoms with Crippen molar-refractivity contribution in [1.82, 2.24) is 15.6 Å². The molecular formula is C33H32N4O6. The van der Waals surface area contributed by atoms with Gasteiger partial charge in [-0.1, -0.05) is 90.0 Å². The average Bonchev–Trinajstić information content (AvgIpc) is 3.67. The van der Waals surface area contributed by atoms with Crippen molar-refractivity contribution in [2.24, 2.45) is 5.16 Å². The van der Waals surface area contributed by atoms with Gasteiger partial charge in [0, 0.05) is 18.7 Å². The Morgan fingerprint density at radius 3 is 2.19 bits per heavy atom. The highest BCUT2D eigenvalue weighted by Crippen LogP contribution is 2.44. The molecule has 0 bridgehead atoms. The van der Waals surface area contributed by atoms with E-state index >= 15 is 0 Å². The second-order valence-electron chi connectivity index (χ2n) is 10.0. The highest BCUT2D eigenvalue weighted by Gasteiger charge is 2.30. The van der Waals surface area contributed by atoms with Crippen LogP contribution in [0.5, 0.6) is 11.5 Å². The molecule has 0 aliphatic rings. The Bertz CT molecular complexity index is 1690. The summed E-state index contributed by atoms with van der Waals surface area (Å²) in [6.07, 6.45) is 1.12. The molecule has 0 aliphatic heterocycles. The van der Waals surface area contributed by atoms with Crippen molar-refractivity contribution in [2.75, 3.05) is 6.54 Å². The van der Waals surface area contributed by atoms with Gasteiger partial charge in [0.2, 0.25) is 0 Å². The van der Waals surface area contributed by atoms with E-state index in [0.29, 0.717) is 30.2 Å². The number of carbonyl (C=O) groups excluding carboxylic acids is 1. The topological polar surface area (TPSA) is 132 Å². The SMILES string of the molecule is CCNC(=O)c1noc(-c2cc(C(C)C)c(OCc3ccccc3)cc2OCc2ccccc2)c1-c1cc(/C=N\O)no1. The van der Waals surface area contributed by atoms with E-state index in [1.54, 1.807) is 6.92 Å². The Kier molecular flexibility index (Phi) is 9.16. The number of hydrogen-bond donors (Lipinski definition) is 2. The molecule has 0 radical (unpaired) electrons. The number of benzene rings is 3. The van der Waals surface area contributed by atoms with Crippen molar-refractivity contribution >= 4 is 12.1 Å². The minimum absolute atomic E-state index is 0.0185. The first kappa shape index (κ1) is 29.1. The van der Waals surface area contributed by atoms with E-state index in [4.69, 9.17) is 23.7 Å². The number of nitrogens with zero attached hydrogens (tertiary/aromatic N) is 3. The highest BCUT2D eigenvalue weighted by molar-refractivity contribution is 6.02. The first-order chi connectivity index (χ1) is 21.0. The minimum Gasteiger partial charge on any atom is -0.488 e. The number of carbonyl (C=O) groups is 1. The molecule has 5 rings (SSSR count). The summed E-state index contributed by atoms with van der Waals surface area (Å²) in [5.74, 6) is 1.21. The van der Waals surface area contributed by atoms with Gasteiger partial charge in [0.05, 0.1) is 11.8 Å². The normalized spacial score (nSPS) is 11.3. The molecule has 0 saturated carbocycles. The zero-order valence-corrected chi connectivity index (χ0v) is 24.1. The van der Waals surface area contributed by atoms with E-state index in [9.17, 15) is 4.79 Å². The van der Waals surface area contributed by atoms with Crippen LogP contribution in [0.3, 0.4) is 0 Å². The molecule has 2 aromatic heterocycles. The van der Waals surface area contributed by atoms with Gasteiger partial charge in [-0.15, -0.1) is 0 Å². The van der Waals surface area contributed by atoms with Crippen molar-refractivity contribution in [3.8, 4) is 34.1 Å². The van der Waals surface area contributed by atoms with Crippen molar-refractivity contribution in [3.05, 3.63) is 107 Å². The van der Waals surface area contributed by atoms with Crippen LogP contribution in [0.2, 0.25) is 0 Å². The lowest BCUT2D eigenvalue weighted by Gasteiger charge is -2.19. The standard InChI is InChI=1S/C33H32N4O6/c1-4-34-33(38)31-30(29-15-24(18-35-39)36-42-29)32(43-37-31)26-16-25(21(2)3)27(40-19-22-11-7-5-8-12-22)17-28(26)41-20-23-13-9-6-10-14-23/h5-18,21,39H,4,19-20H2,1-3H3,(H,34,38)/b35-18-. The van der Waals surface area contributed by atoms with Crippen LogP contribution < -0.4 is 14.8 Å². The lowest BCUT2D eigenvalue weighted by Crippen LogP contribution is -2.23. The predicted molar refractivity (Wildman–Crippen MR) is 160 cm³/mol. The first-order valence-corrected chi connectivity index (χ1v) is 13.9. The van der Waals surface area contributed by atoms with Gasteiger partial charge in [0.15, 0.2) is 17.2 Å². The molecule has 5 aromatic rings. The van der Waals surface area contributed by atoms with E-state index in [2.05, 4.69) is 34.6 Å². The molecule has 10 nitrogen and oxygen atoms in total. The largest absolute Gasteiger partial charge is 0.488 e. The van der Waals surface area contributed by atoms with Gasteiger partial charge in [0.25, 0.3) is 5.91 Å². The third-order valence-corrected chi connectivity index (χ3v) is 6.66. The van der Waals surface area contributed by atoms with Crippen molar-refractivity contribution < 1.29 is 28.5 Å². The third kappa shape index (κ3) is 6.75. The Morgan fingerprint density at radius 2 is 1.58 bits per heavy atom. The number of hydrogen-bond acceptors (Lipinski definition) is 9. The van der Waals surface area contributed by atoms with E-state index < -0.39 is 5.91 Å². The van der Waals surface area contributed by atoms with Crippen LogP contribution in [0, 0.1) is 0 Å². The van der Waals surface area contributed by atoms with Gasteiger partial charge in [-0.2, -0.15) is 0 Å². The molecule has 10 heteroatoms. The van der Waals surface area contributed by atoms with E-state index in [1.165, 1.54) is 6.07 Å². The summed E-state index contributed by atoms with van der Waals surface area (Å²) in [6.45, 7) is 6.98. The summed E-state index contributed by atoms with van der Waals surface area (Å²) < 4.78 is 24.1. The van der Waals surface area contributed by atoms with Crippen LogP contribution in [0.4, 0.5) is 0 Å². The molecule has 2 N–H and O–H groups in total. The summed E-state index contributed by atoms with van der Waals surface area (Å²) in [5.41, 5.74) is 4.02. The highest BCUT2D eigenvalue weighted by atomic mass is 16.5. The average molecular weight is 581 g/mol. The summed E-state index contributed by atoms with van der Waals surface area (Å²) in [6, 6.07) is 25.0. The molecular weight excluding hydrogens is 548 g/mol. The molecule has 0 aliphatic carbocycles. The molecule has 0 spiro atoms.